The molecule has 1 aliphatic rings. The van der Waals surface area contributed by atoms with E-state index in [4.69, 9.17) is 0 Å². The van der Waals surface area contributed by atoms with Crippen LogP contribution in [0.15, 0.2) is 255 Å². The first-order valence-corrected chi connectivity index (χ1v) is 23.3. The lowest BCUT2D eigenvalue weighted by molar-refractivity contribution is 0.769. The fourth-order valence-electron chi connectivity index (χ4n) is 11.7. The summed E-state index contributed by atoms with van der Waals surface area (Å²) in [5.74, 6) is 0. The molecule has 0 saturated carbocycles. The summed E-state index contributed by atoms with van der Waals surface area (Å²) in [6, 6.07) is 94.4. The molecule has 0 fully saturated rings. The van der Waals surface area contributed by atoms with Crippen molar-refractivity contribution in [1.29, 1.82) is 0 Å². The molecule has 0 radical (unpaired) electrons. The number of hydrogen-bond donors (Lipinski definition) is 0. The third kappa shape index (κ3) is 5.51. The molecule has 2 heterocycles. The van der Waals surface area contributed by atoms with Crippen LogP contribution < -0.4 is 0 Å². The molecule has 0 N–H and O–H groups in total. The van der Waals surface area contributed by atoms with Gasteiger partial charge in [-0.1, -0.05) is 194 Å². The SMILES string of the molecule is c1ccc(-c2cccc(-n3c4ccccc4c4cc(-c5ccc6c(c5)c5cc7c(cc5n6-c5cccc6ccccc56)C(c5ccccc5)(c5ccccc5)c5ccccc5-7)ccc43)c2)cc1. The molecule has 67 heavy (non-hydrogen) atoms. The molecule has 2 nitrogen and oxygen atoms in total. The lowest BCUT2D eigenvalue weighted by Gasteiger charge is -2.34. The molecule has 2 heteroatoms. The highest BCUT2D eigenvalue weighted by Crippen LogP contribution is 2.57. The van der Waals surface area contributed by atoms with Crippen LogP contribution in [0.1, 0.15) is 22.3 Å². The Hall–Kier alpha value is -8.72. The molecular weight excluding hydrogens is 809 g/mol. The summed E-state index contributed by atoms with van der Waals surface area (Å²) >= 11 is 0. The maximum atomic E-state index is 2.53. The number of hydrogen-bond acceptors (Lipinski definition) is 0. The summed E-state index contributed by atoms with van der Waals surface area (Å²) in [5, 5.41) is 7.41. The van der Waals surface area contributed by atoms with Crippen molar-refractivity contribution in [3.05, 3.63) is 277 Å². The van der Waals surface area contributed by atoms with E-state index >= 15 is 0 Å². The van der Waals surface area contributed by atoms with Crippen molar-refractivity contribution >= 4 is 54.4 Å². The van der Waals surface area contributed by atoms with Crippen molar-refractivity contribution in [1.82, 2.24) is 9.13 Å². The van der Waals surface area contributed by atoms with Gasteiger partial charge in [-0.05, 0) is 122 Å². The maximum absolute atomic E-state index is 2.53. The van der Waals surface area contributed by atoms with Crippen LogP contribution in [-0.4, -0.2) is 9.13 Å². The molecule has 0 saturated heterocycles. The third-order valence-electron chi connectivity index (χ3n) is 14.6. The first-order chi connectivity index (χ1) is 33.2. The van der Waals surface area contributed by atoms with Gasteiger partial charge in [0, 0.05) is 32.6 Å². The number of benzene rings is 11. The zero-order valence-corrected chi connectivity index (χ0v) is 36.6. The Balaban J connectivity index is 1.02. The zero-order chi connectivity index (χ0) is 44.1. The number of aromatic nitrogens is 2. The van der Waals surface area contributed by atoms with Gasteiger partial charge in [-0.25, -0.2) is 0 Å². The van der Waals surface area contributed by atoms with Gasteiger partial charge in [0.15, 0.2) is 0 Å². The Labute approximate surface area is 388 Å². The molecule has 0 amide bonds. The summed E-state index contributed by atoms with van der Waals surface area (Å²) in [6.45, 7) is 0. The minimum Gasteiger partial charge on any atom is -0.309 e. The molecule has 0 unspecified atom stereocenters. The molecular formula is C65H42N2. The van der Waals surface area contributed by atoms with Crippen molar-refractivity contribution in [2.24, 2.45) is 0 Å². The van der Waals surface area contributed by atoms with Crippen LogP contribution in [0.5, 0.6) is 0 Å². The molecule has 13 aromatic rings. The minimum atomic E-state index is -0.509. The molecule has 0 aliphatic heterocycles. The van der Waals surface area contributed by atoms with Crippen LogP contribution in [0, 0.1) is 0 Å². The Morgan fingerprint density at radius 2 is 0.806 bits per heavy atom. The van der Waals surface area contributed by atoms with Gasteiger partial charge in [-0.3, -0.25) is 0 Å². The highest BCUT2D eigenvalue weighted by Gasteiger charge is 2.46. The van der Waals surface area contributed by atoms with Gasteiger partial charge >= 0.3 is 0 Å². The van der Waals surface area contributed by atoms with Crippen molar-refractivity contribution in [3.8, 4) is 44.8 Å². The topological polar surface area (TPSA) is 9.86 Å². The number of rotatable bonds is 6. The molecule has 1 aliphatic carbocycles. The van der Waals surface area contributed by atoms with Gasteiger partial charge in [0.2, 0.25) is 0 Å². The van der Waals surface area contributed by atoms with Gasteiger partial charge in [-0.2, -0.15) is 0 Å². The van der Waals surface area contributed by atoms with Crippen LogP contribution in [0.4, 0.5) is 0 Å². The molecule has 312 valence electrons. The van der Waals surface area contributed by atoms with Gasteiger partial charge in [0.05, 0.1) is 33.2 Å². The van der Waals surface area contributed by atoms with Crippen LogP contribution in [0.2, 0.25) is 0 Å². The summed E-state index contributed by atoms with van der Waals surface area (Å²) in [5.41, 5.74) is 19.1. The van der Waals surface area contributed by atoms with Gasteiger partial charge in [-0.15, -0.1) is 0 Å². The Morgan fingerprint density at radius 3 is 1.57 bits per heavy atom. The monoisotopic (exact) mass is 850 g/mol. The molecule has 11 aromatic carbocycles. The van der Waals surface area contributed by atoms with Crippen LogP contribution in [0.3, 0.4) is 0 Å². The zero-order valence-electron chi connectivity index (χ0n) is 36.6. The second-order valence-corrected chi connectivity index (χ2v) is 18.0. The maximum Gasteiger partial charge on any atom is 0.0714 e. The number of fused-ring (bicyclic) bond motifs is 10. The van der Waals surface area contributed by atoms with E-state index < -0.39 is 5.41 Å². The highest BCUT2D eigenvalue weighted by atomic mass is 15.0. The lowest BCUT2D eigenvalue weighted by atomic mass is 9.67. The van der Waals surface area contributed by atoms with E-state index in [0.29, 0.717) is 0 Å². The third-order valence-corrected chi connectivity index (χ3v) is 14.6. The van der Waals surface area contributed by atoms with Crippen LogP contribution in [0.25, 0.3) is 99.1 Å². The smallest absolute Gasteiger partial charge is 0.0714 e. The van der Waals surface area contributed by atoms with E-state index in [9.17, 15) is 0 Å². The van der Waals surface area contributed by atoms with Gasteiger partial charge in [0.25, 0.3) is 0 Å². The first kappa shape index (κ1) is 37.6. The molecule has 14 rings (SSSR count). The van der Waals surface area contributed by atoms with Crippen LogP contribution >= 0.6 is 0 Å². The summed E-state index contributed by atoms with van der Waals surface area (Å²) < 4.78 is 4.95. The predicted octanol–water partition coefficient (Wildman–Crippen LogP) is 16.7. The standard InChI is InChI=1S/C65H42N2/c1-4-18-43(19-5-1)45-22-16-27-50(38-45)66-61-32-15-13-30-53(61)55-39-46(34-36-62(55)66)47-35-37-63-56(40-47)57-41-54-52-29-12-14-31-58(52)65(48-23-6-2-7-24-48,49-25-8-3-9-26-49)59(54)42-64(57)67(63)60-33-17-21-44-20-10-11-28-51(44)60/h1-42H. The molecule has 0 bridgehead atoms. The Kier molecular flexibility index (Phi) is 8.23. The quantitative estimate of drug-likeness (QED) is 0.158. The van der Waals surface area contributed by atoms with Gasteiger partial charge in [0.1, 0.15) is 0 Å². The number of para-hydroxylation sites is 1. The lowest BCUT2D eigenvalue weighted by Crippen LogP contribution is -2.28. The fourth-order valence-corrected chi connectivity index (χ4v) is 11.7. The van der Waals surface area contributed by atoms with E-state index in [0.717, 1.165) is 5.69 Å². The summed E-state index contributed by atoms with van der Waals surface area (Å²) in [7, 11) is 0. The van der Waals surface area contributed by atoms with Gasteiger partial charge < -0.3 is 9.13 Å². The first-order valence-electron chi connectivity index (χ1n) is 23.3. The summed E-state index contributed by atoms with van der Waals surface area (Å²) in [4.78, 5) is 0. The second kappa shape index (κ2) is 14.7. The van der Waals surface area contributed by atoms with Crippen molar-refractivity contribution < 1.29 is 0 Å². The highest BCUT2D eigenvalue weighted by molar-refractivity contribution is 6.15. The summed E-state index contributed by atoms with van der Waals surface area (Å²) in [6.07, 6.45) is 0. The van der Waals surface area contributed by atoms with Crippen LogP contribution in [-0.2, 0) is 5.41 Å². The van der Waals surface area contributed by atoms with E-state index in [1.807, 2.05) is 0 Å². The average Bonchev–Trinajstić information content (AvgIpc) is 4.02. The minimum absolute atomic E-state index is 0.509. The van der Waals surface area contributed by atoms with Crippen molar-refractivity contribution in [2.75, 3.05) is 0 Å². The number of nitrogens with zero attached hydrogens (tertiary/aromatic N) is 2. The normalized spacial score (nSPS) is 12.9. The molecule has 2 aromatic heterocycles. The Bertz CT molecular complexity index is 4040. The largest absolute Gasteiger partial charge is 0.309 e. The fraction of sp³-hybridized carbons (Fsp3) is 0.0154. The Morgan fingerprint density at radius 1 is 0.269 bits per heavy atom. The van der Waals surface area contributed by atoms with E-state index in [-0.39, 0.29) is 0 Å². The van der Waals surface area contributed by atoms with E-state index in [2.05, 4.69) is 264 Å². The molecule has 0 atom stereocenters. The predicted molar refractivity (Wildman–Crippen MR) is 281 cm³/mol. The average molecular weight is 851 g/mol. The van der Waals surface area contributed by atoms with E-state index in [1.165, 1.54) is 116 Å². The van der Waals surface area contributed by atoms with Crippen molar-refractivity contribution in [2.45, 2.75) is 5.41 Å². The second-order valence-electron chi connectivity index (χ2n) is 18.0. The molecule has 0 spiro atoms. The van der Waals surface area contributed by atoms with Crippen molar-refractivity contribution in [3.63, 3.8) is 0 Å². The van der Waals surface area contributed by atoms with E-state index in [1.54, 1.807) is 0 Å².